The van der Waals surface area contributed by atoms with Gasteiger partial charge < -0.3 is 5.32 Å². The van der Waals surface area contributed by atoms with Gasteiger partial charge in [0.15, 0.2) is 0 Å². The van der Waals surface area contributed by atoms with Crippen LogP contribution >= 0.6 is 0 Å². The van der Waals surface area contributed by atoms with Crippen LogP contribution in [-0.2, 0) is 6.54 Å². The largest absolute Gasteiger partial charge is 0.384 e. The Morgan fingerprint density at radius 2 is 2.12 bits per heavy atom. The molecule has 0 amide bonds. The summed E-state index contributed by atoms with van der Waals surface area (Å²) in [5.74, 6) is 0.896. The Bertz CT molecular complexity index is 472. The monoisotopic (exact) mass is 227 g/mol. The summed E-state index contributed by atoms with van der Waals surface area (Å²) < 4.78 is 1.96. The summed E-state index contributed by atoms with van der Waals surface area (Å²) in [4.78, 5) is 0. The van der Waals surface area contributed by atoms with Crippen molar-refractivity contribution in [2.45, 2.75) is 19.4 Å². The van der Waals surface area contributed by atoms with Crippen molar-refractivity contribution < 1.29 is 0 Å². The average molecular weight is 227 g/mol. The maximum absolute atomic E-state index is 4.25. The van der Waals surface area contributed by atoms with Gasteiger partial charge in [-0.2, -0.15) is 5.10 Å². The van der Waals surface area contributed by atoms with Gasteiger partial charge in [0.2, 0.25) is 0 Å². The normalized spacial score (nSPS) is 14.8. The molecule has 1 aliphatic rings. The van der Waals surface area contributed by atoms with E-state index in [-0.39, 0.29) is 0 Å². The molecule has 3 nitrogen and oxygen atoms in total. The van der Waals surface area contributed by atoms with E-state index in [0.29, 0.717) is 0 Å². The van der Waals surface area contributed by atoms with Gasteiger partial charge in [-0.25, -0.2) is 0 Å². The third-order valence-electron chi connectivity index (χ3n) is 3.19. The molecule has 0 atom stereocenters. The summed E-state index contributed by atoms with van der Waals surface area (Å²) >= 11 is 0. The Hall–Kier alpha value is -1.77. The predicted molar refractivity (Wildman–Crippen MR) is 69.0 cm³/mol. The number of hydrogen-bond donors (Lipinski definition) is 1. The lowest BCUT2D eigenvalue weighted by atomic mass is 10.1. The average Bonchev–Trinajstić information content (AvgIpc) is 3.05. The van der Waals surface area contributed by atoms with Crippen LogP contribution in [0.3, 0.4) is 0 Å². The van der Waals surface area contributed by atoms with Gasteiger partial charge in [0.1, 0.15) is 0 Å². The van der Waals surface area contributed by atoms with Crippen molar-refractivity contribution in [3.63, 3.8) is 0 Å². The smallest absolute Gasteiger partial charge is 0.0679 e. The summed E-state index contributed by atoms with van der Waals surface area (Å²) in [6.07, 6.45) is 6.58. The van der Waals surface area contributed by atoms with Gasteiger partial charge in [-0.15, -0.1) is 0 Å². The minimum atomic E-state index is 0.834. The molecule has 0 spiro atoms. The molecule has 0 unspecified atom stereocenters. The van der Waals surface area contributed by atoms with Gasteiger partial charge in [-0.3, -0.25) is 4.68 Å². The molecule has 1 saturated carbocycles. The Labute approximate surface area is 101 Å². The fraction of sp³-hybridized carbons (Fsp3) is 0.357. The van der Waals surface area contributed by atoms with Crippen molar-refractivity contribution in [3.8, 4) is 0 Å². The van der Waals surface area contributed by atoms with E-state index in [4.69, 9.17) is 0 Å². The Morgan fingerprint density at radius 1 is 1.24 bits per heavy atom. The van der Waals surface area contributed by atoms with Crippen molar-refractivity contribution in [1.29, 1.82) is 0 Å². The van der Waals surface area contributed by atoms with Crippen LogP contribution in [0.25, 0.3) is 0 Å². The molecule has 1 aliphatic carbocycles. The highest BCUT2D eigenvalue weighted by atomic mass is 15.3. The number of nitrogens with one attached hydrogen (secondary N) is 1. The number of rotatable bonds is 5. The minimum Gasteiger partial charge on any atom is -0.384 e. The molecule has 3 heteroatoms. The topological polar surface area (TPSA) is 29.9 Å². The first-order valence-electron chi connectivity index (χ1n) is 6.21. The van der Waals surface area contributed by atoms with Gasteiger partial charge in [-0.1, -0.05) is 18.2 Å². The standard InChI is InChI=1S/C14H17N3/c1-2-5-14(15-10-12-6-7-12)13(4-1)11-17-9-3-8-16-17/h1-5,8-9,12,15H,6-7,10-11H2. The van der Waals surface area contributed by atoms with E-state index >= 15 is 0 Å². The van der Waals surface area contributed by atoms with Crippen LogP contribution in [-0.4, -0.2) is 16.3 Å². The van der Waals surface area contributed by atoms with E-state index in [0.717, 1.165) is 19.0 Å². The number of aromatic nitrogens is 2. The van der Waals surface area contributed by atoms with Crippen LogP contribution < -0.4 is 5.32 Å². The summed E-state index contributed by atoms with van der Waals surface area (Å²) in [6, 6.07) is 10.4. The molecule has 0 radical (unpaired) electrons. The van der Waals surface area contributed by atoms with Crippen molar-refractivity contribution in [2.24, 2.45) is 5.92 Å². The van der Waals surface area contributed by atoms with Gasteiger partial charge in [0.25, 0.3) is 0 Å². The highest BCUT2D eigenvalue weighted by molar-refractivity contribution is 5.51. The lowest BCUT2D eigenvalue weighted by Gasteiger charge is -2.11. The maximum atomic E-state index is 4.25. The summed E-state index contributed by atoms with van der Waals surface area (Å²) in [5.41, 5.74) is 2.55. The highest BCUT2D eigenvalue weighted by Crippen LogP contribution is 2.29. The second-order valence-electron chi connectivity index (χ2n) is 4.69. The highest BCUT2D eigenvalue weighted by Gasteiger charge is 2.20. The van der Waals surface area contributed by atoms with E-state index < -0.39 is 0 Å². The molecule has 0 aliphatic heterocycles. The van der Waals surface area contributed by atoms with Crippen LogP contribution in [0.4, 0.5) is 5.69 Å². The van der Waals surface area contributed by atoms with Gasteiger partial charge in [0, 0.05) is 24.6 Å². The van der Waals surface area contributed by atoms with Crippen LogP contribution in [0.15, 0.2) is 42.7 Å². The second-order valence-corrected chi connectivity index (χ2v) is 4.69. The lowest BCUT2D eigenvalue weighted by Crippen LogP contribution is -2.08. The summed E-state index contributed by atoms with van der Waals surface area (Å²) in [5, 5.41) is 7.80. The van der Waals surface area contributed by atoms with E-state index in [1.807, 2.05) is 23.1 Å². The molecular formula is C14H17N3. The van der Waals surface area contributed by atoms with Gasteiger partial charge >= 0.3 is 0 Å². The molecule has 1 N–H and O–H groups in total. The lowest BCUT2D eigenvalue weighted by molar-refractivity contribution is 0.687. The van der Waals surface area contributed by atoms with Crippen LogP contribution in [0.1, 0.15) is 18.4 Å². The van der Waals surface area contributed by atoms with Gasteiger partial charge in [0.05, 0.1) is 6.54 Å². The van der Waals surface area contributed by atoms with E-state index in [2.05, 4.69) is 34.7 Å². The molecule has 2 aromatic rings. The predicted octanol–water partition coefficient (Wildman–Crippen LogP) is 2.75. The SMILES string of the molecule is c1ccc(NCC2CC2)c(Cn2cccn2)c1. The van der Waals surface area contributed by atoms with Crippen molar-refractivity contribution in [2.75, 3.05) is 11.9 Å². The molecule has 1 aromatic carbocycles. The molecule has 1 fully saturated rings. The molecule has 0 saturated heterocycles. The molecule has 88 valence electrons. The Kier molecular flexibility index (Phi) is 2.82. The minimum absolute atomic E-state index is 0.834. The Morgan fingerprint density at radius 3 is 2.88 bits per heavy atom. The first kappa shape index (κ1) is 10.4. The third kappa shape index (κ3) is 2.67. The van der Waals surface area contributed by atoms with Crippen LogP contribution in [0.2, 0.25) is 0 Å². The maximum Gasteiger partial charge on any atom is 0.0679 e. The summed E-state index contributed by atoms with van der Waals surface area (Å²) in [7, 11) is 0. The molecule has 0 bridgehead atoms. The fourth-order valence-corrected chi connectivity index (χ4v) is 1.98. The quantitative estimate of drug-likeness (QED) is 0.851. The number of hydrogen-bond acceptors (Lipinski definition) is 2. The van der Waals surface area contributed by atoms with E-state index in [1.165, 1.54) is 24.1 Å². The molecule has 1 heterocycles. The third-order valence-corrected chi connectivity index (χ3v) is 3.19. The fourth-order valence-electron chi connectivity index (χ4n) is 1.98. The van der Waals surface area contributed by atoms with Gasteiger partial charge in [-0.05, 0) is 36.5 Å². The van der Waals surface area contributed by atoms with Crippen LogP contribution in [0.5, 0.6) is 0 Å². The van der Waals surface area contributed by atoms with Crippen molar-refractivity contribution >= 4 is 5.69 Å². The number of benzene rings is 1. The van der Waals surface area contributed by atoms with Crippen molar-refractivity contribution in [1.82, 2.24) is 9.78 Å². The molecule has 17 heavy (non-hydrogen) atoms. The van der Waals surface area contributed by atoms with Crippen molar-refractivity contribution in [3.05, 3.63) is 48.3 Å². The molecule has 3 rings (SSSR count). The zero-order valence-electron chi connectivity index (χ0n) is 9.84. The van der Waals surface area contributed by atoms with Crippen LogP contribution in [0, 0.1) is 5.92 Å². The first-order chi connectivity index (χ1) is 8.42. The second kappa shape index (κ2) is 4.62. The first-order valence-corrected chi connectivity index (χ1v) is 6.21. The van der Waals surface area contributed by atoms with E-state index in [1.54, 1.807) is 0 Å². The Balaban J connectivity index is 1.72. The zero-order valence-corrected chi connectivity index (χ0v) is 9.84. The number of para-hydroxylation sites is 1. The summed E-state index contributed by atoms with van der Waals surface area (Å²) in [6.45, 7) is 1.94. The zero-order chi connectivity index (χ0) is 11.5. The molecular weight excluding hydrogens is 210 g/mol. The molecule has 1 aromatic heterocycles. The van der Waals surface area contributed by atoms with E-state index in [9.17, 15) is 0 Å². The number of anilines is 1. The number of nitrogens with zero attached hydrogens (tertiary/aromatic N) is 2.